The molecular formula is C15H23N5O. The van der Waals surface area contributed by atoms with E-state index >= 15 is 0 Å². The Labute approximate surface area is 125 Å². The molecule has 6 nitrogen and oxygen atoms in total. The molecule has 1 atom stereocenters. The second kappa shape index (κ2) is 5.99. The molecular weight excluding hydrogens is 266 g/mol. The minimum absolute atomic E-state index is 0.387. The molecule has 2 aromatic heterocycles. The number of rotatable bonds is 5. The molecule has 1 aliphatic rings. The molecule has 0 fully saturated rings. The third-order valence-corrected chi connectivity index (χ3v) is 4.05. The van der Waals surface area contributed by atoms with Gasteiger partial charge in [-0.3, -0.25) is 14.3 Å². The molecule has 0 amide bonds. The molecule has 0 spiro atoms. The average Bonchev–Trinajstić information content (AvgIpc) is 3.05. The molecule has 0 radical (unpaired) electrons. The standard InChI is InChI=1S/C15H23N5O/c1-4-20-15-13(6-17-20)9-19(10-14(15)11-21-3)8-12-5-16-18(2)7-12/h5-7,14H,4,8-11H2,1-3H3/t14-/m0/s1. The van der Waals surface area contributed by atoms with Gasteiger partial charge in [0.15, 0.2) is 0 Å². The lowest BCUT2D eigenvalue weighted by molar-refractivity contribution is 0.132. The van der Waals surface area contributed by atoms with Gasteiger partial charge in [0, 0.05) is 69.3 Å². The van der Waals surface area contributed by atoms with Crippen molar-refractivity contribution in [3.8, 4) is 0 Å². The zero-order chi connectivity index (χ0) is 14.8. The van der Waals surface area contributed by atoms with Crippen molar-refractivity contribution >= 4 is 0 Å². The predicted octanol–water partition coefficient (Wildman–Crippen LogP) is 1.38. The highest BCUT2D eigenvalue weighted by Crippen LogP contribution is 2.29. The maximum absolute atomic E-state index is 5.43. The van der Waals surface area contributed by atoms with Crippen LogP contribution in [0.5, 0.6) is 0 Å². The Hall–Kier alpha value is -1.66. The maximum Gasteiger partial charge on any atom is 0.0558 e. The molecule has 21 heavy (non-hydrogen) atoms. The van der Waals surface area contributed by atoms with E-state index in [0.717, 1.165) is 32.8 Å². The molecule has 114 valence electrons. The molecule has 0 saturated carbocycles. The van der Waals surface area contributed by atoms with Gasteiger partial charge >= 0.3 is 0 Å². The molecule has 0 saturated heterocycles. The molecule has 0 N–H and O–H groups in total. The van der Waals surface area contributed by atoms with Crippen LogP contribution in [0, 0.1) is 0 Å². The zero-order valence-corrected chi connectivity index (χ0v) is 13.0. The first-order valence-electron chi connectivity index (χ1n) is 7.44. The molecule has 1 aliphatic heterocycles. The SMILES string of the molecule is CCn1ncc2c1[C@H](COC)CN(Cc1cnn(C)c1)C2. The number of aromatic nitrogens is 4. The van der Waals surface area contributed by atoms with E-state index in [1.54, 1.807) is 7.11 Å². The first kappa shape index (κ1) is 14.3. The molecule has 3 heterocycles. The summed E-state index contributed by atoms with van der Waals surface area (Å²) in [6, 6.07) is 0. The number of ether oxygens (including phenoxy) is 1. The van der Waals surface area contributed by atoms with Crippen LogP contribution in [0.2, 0.25) is 0 Å². The van der Waals surface area contributed by atoms with Crippen LogP contribution in [0.4, 0.5) is 0 Å². The number of nitrogens with zero attached hydrogens (tertiary/aromatic N) is 5. The van der Waals surface area contributed by atoms with E-state index < -0.39 is 0 Å². The second-order valence-electron chi connectivity index (χ2n) is 5.71. The molecule has 6 heteroatoms. The van der Waals surface area contributed by atoms with Crippen molar-refractivity contribution in [2.45, 2.75) is 32.5 Å². The fourth-order valence-corrected chi connectivity index (χ4v) is 3.25. The third kappa shape index (κ3) is 2.87. The third-order valence-electron chi connectivity index (χ3n) is 4.05. The highest BCUT2D eigenvalue weighted by atomic mass is 16.5. The lowest BCUT2D eigenvalue weighted by Crippen LogP contribution is -2.35. The van der Waals surface area contributed by atoms with Gasteiger partial charge in [-0.1, -0.05) is 0 Å². The topological polar surface area (TPSA) is 48.1 Å². The molecule has 0 bridgehead atoms. The Bertz CT molecular complexity index is 603. The summed E-state index contributed by atoms with van der Waals surface area (Å²) in [5.41, 5.74) is 3.93. The van der Waals surface area contributed by atoms with Gasteiger partial charge in [-0.2, -0.15) is 10.2 Å². The van der Waals surface area contributed by atoms with Crippen molar-refractivity contribution in [1.82, 2.24) is 24.5 Å². The highest BCUT2D eigenvalue weighted by Gasteiger charge is 2.29. The summed E-state index contributed by atoms with van der Waals surface area (Å²) >= 11 is 0. The fraction of sp³-hybridized carbons (Fsp3) is 0.600. The number of methoxy groups -OCH3 is 1. The van der Waals surface area contributed by atoms with Crippen LogP contribution in [0.25, 0.3) is 0 Å². The second-order valence-corrected chi connectivity index (χ2v) is 5.71. The van der Waals surface area contributed by atoms with E-state index in [4.69, 9.17) is 4.74 Å². The quantitative estimate of drug-likeness (QED) is 0.834. The summed E-state index contributed by atoms with van der Waals surface area (Å²) in [5, 5.41) is 8.76. The van der Waals surface area contributed by atoms with Crippen LogP contribution in [0.1, 0.15) is 29.7 Å². The molecule has 2 aromatic rings. The number of hydrogen-bond acceptors (Lipinski definition) is 4. The number of fused-ring (bicyclic) bond motifs is 1. The first-order chi connectivity index (χ1) is 10.2. The van der Waals surface area contributed by atoms with E-state index in [2.05, 4.69) is 32.9 Å². The summed E-state index contributed by atoms with van der Waals surface area (Å²) in [6.07, 6.45) is 6.03. The van der Waals surface area contributed by atoms with Gasteiger partial charge in [-0.05, 0) is 6.92 Å². The van der Waals surface area contributed by atoms with Gasteiger partial charge in [-0.25, -0.2) is 0 Å². The normalized spacial score (nSPS) is 18.9. The van der Waals surface area contributed by atoms with E-state index in [9.17, 15) is 0 Å². The Kier molecular flexibility index (Phi) is 4.07. The largest absolute Gasteiger partial charge is 0.384 e. The minimum Gasteiger partial charge on any atom is -0.384 e. The van der Waals surface area contributed by atoms with Crippen molar-refractivity contribution in [1.29, 1.82) is 0 Å². The first-order valence-corrected chi connectivity index (χ1v) is 7.44. The van der Waals surface area contributed by atoms with Crippen molar-refractivity contribution in [3.05, 3.63) is 35.4 Å². The smallest absolute Gasteiger partial charge is 0.0558 e. The van der Waals surface area contributed by atoms with Gasteiger partial charge < -0.3 is 4.74 Å². The van der Waals surface area contributed by atoms with E-state index in [1.807, 2.05) is 24.1 Å². The average molecular weight is 289 g/mol. The summed E-state index contributed by atoms with van der Waals surface area (Å²) < 4.78 is 9.39. The van der Waals surface area contributed by atoms with Crippen LogP contribution < -0.4 is 0 Å². The van der Waals surface area contributed by atoms with Crippen molar-refractivity contribution < 1.29 is 4.74 Å². The molecule has 3 rings (SSSR count). The Balaban J connectivity index is 1.80. The fourth-order valence-electron chi connectivity index (χ4n) is 3.25. The lowest BCUT2D eigenvalue weighted by atomic mass is 9.96. The zero-order valence-electron chi connectivity index (χ0n) is 13.0. The van der Waals surface area contributed by atoms with Crippen molar-refractivity contribution in [2.24, 2.45) is 7.05 Å². The molecule has 0 aromatic carbocycles. The summed E-state index contributed by atoms with van der Waals surface area (Å²) in [6.45, 7) is 6.66. The maximum atomic E-state index is 5.43. The molecule has 0 aliphatic carbocycles. The van der Waals surface area contributed by atoms with Gasteiger partial charge in [0.2, 0.25) is 0 Å². The Morgan fingerprint density at radius 2 is 2.19 bits per heavy atom. The van der Waals surface area contributed by atoms with Crippen LogP contribution >= 0.6 is 0 Å². The number of hydrogen-bond donors (Lipinski definition) is 0. The number of aryl methyl sites for hydroxylation is 2. The summed E-state index contributed by atoms with van der Waals surface area (Å²) in [7, 11) is 3.73. The van der Waals surface area contributed by atoms with Gasteiger partial charge in [0.25, 0.3) is 0 Å². The van der Waals surface area contributed by atoms with Crippen LogP contribution in [-0.2, 0) is 31.4 Å². The van der Waals surface area contributed by atoms with Crippen molar-refractivity contribution in [2.75, 3.05) is 20.3 Å². The monoisotopic (exact) mass is 289 g/mol. The predicted molar refractivity (Wildman–Crippen MR) is 79.8 cm³/mol. The van der Waals surface area contributed by atoms with E-state index in [0.29, 0.717) is 5.92 Å². The van der Waals surface area contributed by atoms with Crippen LogP contribution in [0.15, 0.2) is 18.6 Å². The lowest BCUT2D eigenvalue weighted by Gasteiger charge is -2.32. The van der Waals surface area contributed by atoms with E-state index in [-0.39, 0.29) is 0 Å². The van der Waals surface area contributed by atoms with Gasteiger partial charge in [0.05, 0.1) is 19.0 Å². The Morgan fingerprint density at radius 1 is 1.33 bits per heavy atom. The summed E-state index contributed by atoms with van der Waals surface area (Å²) in [4.78, 5) is 2.45. The Morgan fingerprint density at radius 3 is 2.86 bits per heavy atom. The van der Waals surface area contributed by atoms with Crippen LogP contribution in [-0.4, -0.2) is 44.7 Å². The van der Waals surface area contributed by atoms with E-state index in [1.165, 1.54) is 16.8 Å². The van der Waals surface area contributed by atoms with Crippen molar-refractivity contribution in [3.63, 3.8) is 0 Å². The minimum atomic E-state index is 0.387. The van der Waals surface area contributed by atoms with Gasteiger partial charge in [-0.15, -0.1) is 0 Å². The van der Waals surface area contributed by atoms with Crippen LogP contribution in [0.3, 0.4) is 0 Å². The molecule has 0 unspecified atom stereocenters. The van der Waals surface area contributed by atoms with Gasteiger partial charge in [0.1, 0.15) is 0 Å². The highest BCUT2D eigenvalue weighted by molar-refractivity contribution is 5.26. The summed E-state index contributed by atoms with van der Waals surface area (Å²) in [5.74, 6) is 0.387.